The van der Waals surface area contributed by atoms with Gasteiger partial charge in [0.1, 0.15) is 0 Å². The number of carbonyl (C=O) groups is 1. The Balaban J connectivity index is 0.00000156. The van der Waals surface area contributed by atoms with Gasteiger partial charge in [0.25, 0.3) is 0 Å². The van der Waals surface area contributed by atoms with Gasteiger partial charge in [-0.1, -0.05) is 0 Å². The predicted molar refractivity (Wildman–Crippen MR) is 89.4 cm³/mol. The maximum absolute atomic E-state index is 12.5. The maximum atomic E-state index is 12.5. The number of piperidine rings is 1. The molecule has 0 aromatic heterocycles. The summed E-state index contributed by atoms with van der Waals surface area (Å²) in [6.07, 6.45) is 0.705. The lowest BCUT2D eigenvalue weighted by Crippen LogP contribution is -2.32. The Hall–Kier alpha value is -1.15. The highest BCUT2D eigenvalue weighted by molar-refractivity contribution is 7.89. The van der Waals surface area contributed by atoms with Crippen molar-refractivity contribution in [1.29, 1.82) is 0 Å². The van der Waals surface area contributed by atoms with Crippen LogP contribution in [0.2, 0.25) is 0 Å². The van der Waals surface area contributed by atoms with Crippen LogP contribution in [0, 0.1) is 11.8 Å². The lowest BCUT2D eigenvalue weighted by Gasteiger charge is -2.15. The standard InChI is InChI=1S/C15H19N3O3S.ClH/c1-9(19)18-5-4-10-6-11(2-3-14(10)18)22(20,21)17-15-12-7-16-8-13(12)15;/h2-3,6,12-13,15-17H,4-5,7-8H2,1H3;1H. The largest absolute Gasteiger partial charge is 0.316 e. The summed E-state index contributed by atoms with van der Waals surface area (Å²) in [7, 11) is -3.48. The van der Waals surface area contributed by atoms with Crippen molar-refractivity contribution in [3.63, 3.8) is 0 Å². The molecule has 3 aliphatic rings. The summed E-state index contributed by atoms with van der Waals surface area (Å²) in [5.41, 5.74) is 1.76. The van der Waals surface area contributed by atoms with Crippen LogP contribution in [0.1, 0.15) is 12.5 Å². The third-order valence-corrected chi connectivity index (χ3v) is 6.48. The van der Waals surface area contributed by atoms with Crippen molar-refractivity contribution < 1.29 is 13.2 Å². The SMILES string of the molecule is CC(=O)N1CCc2cc(S(=O)(=O)NC3C4CNCC43)ccc21.Cl. The van der Waals surface area contributed by atoms with E-state index in [1.165, 1.54) is 6.92 Å². The molecule has 1 saturated heterocycles. The molecule has 2 fully saturated rings. The van der Waals surface area contributed by atoms with E-state index in [-0.39, 0.29) is 24.4 Å². The number of rotatable bonds is 3. The van der Waals surface area contributed by atoms with Crippen LogP contribution in [0.3, 0.4) is 0 Å². The summed E-state index contributed by atoms with van der Waals surface area (Å²) in [6.45, 7) is 3.95. The number of anilines is 1. The molecule has 0 bridgehead atoms. The van der Waals surface area contributed by atoms with Crippen molar-refractivity contribution in [3.8, 4) is 0 Å². The van der Waals surface area contributed by atoms with Gasteiger partial charge in [-0.25, -0.2) is 13.1 Å². The van der Waals surface area contributed by atoms with Gasteiger partial charge >= 0.3 is 0 Å². The van der Waals surface area contributed by atoms with Crippen LogP contribution in [0.4, 0.5) is 5.69 Å². The van der Waals surface area contributed by atoms with Gasteiger partial charge in [0.15, 0.2) is 0 Å². The summed E-state index contributed by atoms with van der Waals surface area (Å²) in [5.74, 6) is 0.876. The van der Waals surface area contributed by atoms with E-state index in [9.17, 15) is 13.2 Å². The molecule has 6 nitrogen and oxygen atoms in total. The van der Waals surface area contributed by atoms with Gasteiger partial charge in [-0.2, -0.15) is 0 Å². The van der Waals surface area contributed by atoms with Crippen LogP contribution in [0.5, 0.6) is 0 Å². The first-order chi connectivity index (χ1) is 10.5. The smallest absolute Gasteiger partial charge is 0.240 e. The van der Waals surface area contributed by atoms with Crippen LogP contribution in [0.25, 0.3) is 0 Å². The number of hydrogen-bond donors (Lipinski definition) is 2. The fourth-order valence-electron chi connectivity index (χ4n) is 3.71. The van der Waals surface area contributed by atoms with Crippen LogP contribution in [-0.4, -0.2) is 40.0 Å². The average Bonchev–Trinajstić information content (AvgIpc) is 2.90. The molecule has 2 atom stereocenters. The molecule has 0 spiro atoms. The van der Waals surface area contributed by atoms with Crippen molar-refractivity contribution in [2.75, 3.05) is 24.5 Å². The van der Waals surface area contributed by atoms with E-state index >= 15 is 0 Å². The minimum absolute atomic E-state index is 0. The normalized spacial score (nSPS) is 28.0. The monoisotopic (exact) mass is 357 g/mol. The summed E-state index contributed by atoms with van der Waals surface area (Å²) in [6, 6.07) is 5.12. The molecule has 2 N–H and O–H groups in total. The summed E-state index contributed by atoms with van der Waals surface area (Å²) >= 11 is 0. The molecule has 8 heteroatoms. The van der Waals surface area contributed by atoms with Crippen LogP contribution in [-0.2, 0) is 21.2 Å². The Morgan fingerprint density at radius 1 is 1.30 bits per heavy atom. The third kappa shape index (κ3) is 2.76. The van der Waals surface area contributed by atoms with E-state index in [0.717, 1.165) is 24.3 Å². The molecule has 2 unspecified atom stereocenters. The number of hydrogen-bond acceptors (Lipinski definition) is 4. The first kappa shape index (κ1) is 16.7. The van der Waals surface area contributed by atoms with Crippen molar-refractivity contribution in [2.45, 2.75) is 24.3 Å². The van der Waals surface area contributed by atoms with Gasteiger partial charge < -0.3 is 10.2 Å². The highest BCUT2D eigenvalue weighted by Gasteiger charge is 2.54. The number of fused-ring (bicyclic) bond motifs is 2. The Labute approximate surface area is 142 Å². The van der Waals surface area contributed by atoms with E-state index < -0.39 is 10.0 Å². The number of carbonyl (C=O) groups excluding carboxylic acids is 1. The zero-order valence-electron chi connectivity index (χ0n) is 12.8. The van der Waals surface area contributed by atoms with E-state index in [2.05, 4.69) is 10.0 Å². The van der Waals surface area contributed by atoms with Crippen LogP contribution in [0.15, 0.2) is 23.1 Å². The fraction of sp³-hybridized carbons (Fsp3) is 0.533. The number of nitrogens with zero attached hydrogens (tertiary/aromatic N) is 1. The lowest BCUT2D eigenvalue weighted by molar-refractivity contribution is -0.116. The molecule has 2 aliphatic heterocycles. The van der Waals surface area contributed by atoms with Crippen molar-refractivity contribution in [2.24, 2.45) is 11.8 Å². The van der Waals surface area contributed by atoms with Crippen molar-refractivity contribution in [1.82, 2.24) is 10.0 Å². The highest BCUT2D eigenvalue weighted by Crippen LogP contribution is 2.42. The molecule has 1 aliphatic carbocycles. The molecule has 2 heterocycles. The van der Waals surface area contributed by atoms with Gasteiger partial charge in [0.2, 0.25) is 15.9 Å². The number of halogens is 1. The lowest BCUT2D eigenvalue weighted by atomic mass is 10.2. The third-order valence-electron chi connectivity index (χ3n) is 5.02. The van der Waals surface area contributed by atoms with E-state index in [0.29, 0.717) is 29.7 Å². The Morgan fingerprint density at radius 3 is 2.65 bits per heavy atom. The van der Waals surface area contributed by atoms with Gasteiger partial charge in [-0.05, 0) is 55.1 Å². The maximum Gasteiger partial charge on any atom is 0.240 e. The van der Waals surface area contributed by atoms with Gasteiger partial charge in [-0.3, -0.25) is 4.79 Å². The molecule has 1 aromatic rings. The van der Waals surface area contributed by atoms with Crippen molar-refractivity contribution >= 4 is 34.0 Å². The molecular formula is C15H20ClN3O3S. The Morgan fingerprint density at radius 2 is 2.00 bits per heavy atom. The van der Waals surface area contributed by atoms with Crippen molar-refractivity contribution in [3.05, 3.63) is 23.8 Å². The fourth-order valence-corrected chi connectivity index (χ4v) is 5.10. The molecule has 126 valence electrons. The average molecular weight is 358 g/mol. The second-order valence-electron chi connectivity index (χ2n) is 6.34. The summed E-state index contributed by atoms with van der Waals surface area (Å²) in [5, 5.41) is 3.25. The molecule has 1 amide bonds. The topological polar surface area (TPSA) is 78.5 Å². The van der Waals surface area contributed by atoms with E-state index in [4.69, 9.17) is 0 Å². The molecule has 0 radical (unpaired) electrons. The molecule has 4 rings (SSSR count). The molecular weight excluding hydrogens is 338 g/mol. The molecule has 1 aromatic carbocycles. The number of sulfonamides is 1. The molecule has 1 saturated carbocycles. The van der Waals surface area contributed by atoms with Crippen LogP contribution < -0.4 is 14.9 Å². The van der Waals surface area contributed by atoms with E-state index in [1.54, 1.807) is 23.1 Å². The summed E-state index contributed by atoms with van der Waals surface area (Å²) in [4.78, 5) is 13.5. The predicted octanol–water partition coefficient (Wildman–Crippen LogP) is 0.514. The molecule has 23 heavy (non-hydrogen) atoms. The zero-order chi connectivity index (χ0) is 15.5. The first-order valence-electron chi connectivity index (χ1n) is 7.61. The van der Waals surface area contributed by atoms with E-state index in [1.807, 2.05) is 0 Å². The number of benzene rings is 1. The minimum atomic E-state index is -3.48. The Kier molecular flexibility index (Phi) is 4.16. The number of nitrogens with one attached hydrogen (secondary N) is 2. The first-order valence-corrected chi connectivity index (χ1v) is 9.10. The van der Waals surface area contributed by atoms with Gasteiger partial charge in [-0.15, -0.1) is 12.4 Å². The van der Waals surface area contributed by atoms with Gasteiger partial charge in [0.05, 0.1) is 4.90 Å². The zero-order valence-corrected chi connectivity index (χ0v) is 14.4. The second-order valence-corrected chi connectivity index (χ2v) is 8.06. The second kappa shape index (κ2) is 5.73. The quantitative estimate of drug-likeness (QED) is 0.826. The number of amides is 1. The Bertz CT molecular complexity index is 742. The minimum Gasteiger partial charge on any atom is -0.316 e. The van der Waals surface area contributed by atoms with Crippen LogP contribution >= 0.6 is 12.4 Å². The van der Waals surface area contributed by atoms with Gasteiger partial charge in [0, 0.05) is 25.2 Å². The highest BCUT2D eigenvalue weighted by atomic mass is 35.5. The summed E-state index contributed by atoms with van der Waals surface area (Å²) < 4.78 is 27.9.